The van der Waals surface area contributed by atoms with Crippen LogP contribution in [0.3, 0.4) is 0 Å². The number of carbonyl (C=O) groups is 2. The molecular formula is C14H18FN3O2. The van der Waals surface area contributed by atoms with Crippen molar-refractivity contribution < 1.29 is 14.0 Å². The number of amides is 2. The third-order valence-corrected chi connectivity index (χ3v) is 3.40. The van der Waals surface area contributed by atoms with Crippen LogP contribution in [0.5, 0.6) is 0 Å². The van der Waals surface area contributed by atoms with Crippen LogP contribution in [0, 0.1) is 11.7 Å². The quantitative estimate of drug-likeness (QED) is 0.858. The molecule has 5 nitrogen and oxygen atoms in total. The maximum Gasteiger partial charge on any atom is 0.238 e. The topological polar surface area (TPSA) is 61.4 Å². The molecule has 108 valence electrons. The van der Waals surface area contributed by atoms with Gasteiger partial charge in [0.2, 0.25) is 11.8 Å². The number of carbonyl (C=O) groups excluding carboxylic acids is 2. The van der Waals surface area contributed by atoms with E-state index in [0.29, 0.717) is 13.1 Å². The number of hydrogen-bond acceptors (Lipinski definition) is 3. The molecule has 2 amide bonds. The fourth-order valence-electron chi connectivity index (χ4n) is 2.35. The zero-order valence-corrected chi connectivity index (χ0v) is 11.4. The van der Waals surface area contributed by atoms with Crippen molar-refractivity contribution >= 4 is 17.5 Å². The van der Waals surface area contributed by atoms with E-state index in [1.54, 1.807) is 19.2 Å². The van der Waals surface area contributed by atoms with Gasteiger partial charge in [0.1, 0.15) is 5.82 Å². The van der Waals surface area contributed by atoms with Crippen LogP contribution in [0.4, 0.5) is 10.1 Å². The molecule has 1 aromatic carbocycles. The zero-order chi connectivity index (χ0) is 14.5. The van der Waals surface area contributed by atoms with E-state index in [4.69, 9.17) is 0 Å². The van der Waals surface area contributed by atoms with Gasteiger partial charge in [-0.3, -0.25) is 14.5 Å². The molecule has 0 aromatic heterocycles. The molecule has 1 unspecified atom stereocenters. The first kappa shape index (κ1) is 14.5. The van der Waals surface area contributed by atoms with Crippen LogP contribution in [-0.4, -0.2) is 43.4 Å². The Bertz CT molecular complexity index is 507. The molecule has 6 heteroatoms. The Morgan fingerprint density at radius 3 is 2.85 bits per heavy atom. The predicted molar refractivity (Wildman–Crippen MR) is 73.6 cm³/mol. The number of hydrogen-bond donors (Lipinski definition) is 2. The van der Waals surface area contributed by atoms with Gasteiger partial charge >= 0.3 is 0 Å². The summed E-state index contributed by atoms with van der Waals surface area (Å²) in [5.41, 5.74) is 0.180. The van der Waals surface area contributed by atoms with Gasteiger partial charge in [0.25, 0.3) is 0 Å². The zero-order valence-electron chi connectivity index (χ0n) is 11.4. The highest BCUT2D eigenvalue weighted by atomic mass is 19.1. The maximum absolute atomic E-state index is 13.4. The Kier molecular flexibility index (Phi) is 4.68. The highest BCUT2D eigenvalue weighted by Gasteiger charge is 2.28. The van der Waals surface area contributed by atoms with Crippen molar-refractivity contribution in [2.24, 2.45) is 5.92 Å². The monoisotopic (exact) mass is 279 g/mol. The molecular weight excluding hydrogens is 261 g/mol. The van der Waals surface area contributed by atoms with Gasteiger partial charge in [-0.2, -0.15) is 0 Å². The van der Waals surface area contributed by atoms with Gasteiger partial charge in [0, 0.05) is 13.6 Å². The van der Waals surface area contributed by atoms with Gasteiger partial charge in [-0.25, -0.2) is 4.39 Å². The van der Waals surface area contributed by atoms with Crippen LogP contribution in [-0.2, 0) is 9.59 Å². The lowest BCUT2D eigenvalue weighted by molar-refractivity contribution is -0.124. The molecule has 0 radical (unpaired) electrons. The second-order valence-electron chi connectivity index (χ2n) is 4.86. The van der Waals surface area contributed by atoms with Crippen molar-refractivity contribution in [1.29, 1.82) is 0 Å². The summed E-state index contributed by atoms with van der Waals surface area (Å²) in [6, 6.07) is 6.05. The van der Waals surface area contributed by atoms with E-state index >= 15 is 0 Å². The Morgan fingerprint density at radius 1 is 1.40 bits per heavy atom. The first-order valence-electron chi connectivity index (χ1n) is 6.58. The molecule has 1 fully saturated rings. The molecule has 0 saturated carbocycles. The molecule has 0 spiro atoms. The first-order valence-corrected chi connectivity index (χ1v) is 6.58. The van der Waals surface area contributed by atoms with Crippen LogP contribution in [0.2, 0.25) is 0 Å². The fraction of sp³-hybridized carbons (Fsp3) is 0.429. The fourth-order valence-corrected chi connectivity index (χ4v) is 2.35. The van der Waals surface area contributed by atoms with E-state index in [0.717, 1.165) is 6.42 Å². The van der Waals surface area contributed by atoms with Crippen molar-refractivity contribution in [1.82, 2.24) is 10.2 Å². The van der Waals surface area contributed by atoms with Crippen molar-refractivity contribution in [2.75, 3.05) is 32.0 Å². The van der Waals surface area contributed by atoms with Gasteiger partial charge in [0.15, 0.2) is 0 Å². The second-order valence-corrected chi connectivity index (χ2v) is 4.86. The summed E-state index contributed by atoms with van der Waals surface area (Å²) >= 11 is 0. The molecule has 2 N–H and O–H groups in total. The minimum absolute atomic E-state index is 0.00186. The summed E-state index contributed by atoms with van der Waals surface area (Å²) in [4.78, 5) is 25.2. The highest BCUT2D eigenvalue weighted by molar-refractivity contribution is 5.92. The first-order chi connectivity index (χ1) is 9.60. The standard InChI is InChI=1S/C14H18FN3O2/c1-16-14(20)10-6-7-18(8-10)9-13(19)17-12-5-3-2-4-11(12)15/h2-5,10H,6-9H2,1H3,(H,16,20)(H,17,19). The predicted octanol–water partition coefficient (Wildman–Crippen LogP) is 0.832. The lowest BCUT2D eigenvalue weighted by atomic mass is 10.1. The van der Waals surface area contributed by atoms with E-state index in [9.17, 15) is 14.0 Å². The normalized spacial score (nSPS) is 18.8. The number of nitrogens with zero attached hydrogens (tertiary/aromatic N) is 1. The minimum Gasteiger partial charge on any atom is -0.359 e. The molecule has 1 heterocycles. The minimum atomic E-state index is -0.453. The van der Waals surface area contributed by atoms with E-state index in [2.05, 4.69) is 10.6 Å². The van der Waals surface area contributed by atoms with E-state index in [1.165, 1.54) is 12.1 Å². The summed E-state index contributed by atoms with van der Waals surface area (Å²) in [6.45, 7) is 1.43. The average molecular weight is 279 g/mol. The maximum atomic E-state index is 13.4. The van der Waals surface area contributed by atoms with Crippen molar-refractivity contribution in [2.45, 2.75) is 6.42 Å². The van der Waals surface area contributed by atoms with Gasteiger partial charge < -0.3 is 10.6 Å². The molecule has 2 rings (SSSR count). The summed E-state index contributed by atoms with van der Waals surface area (Å²) in [5, 5.41) is 5.15. The average Bonchev–Trinajstić information content (AvgIpc) is 2.89. The summed E-state index contributed by atoms with van der Waals surface area (Å²) < 4.78 is 13.4. The van der Waals surface area contributed by atoms with Gasteiger partial charge in [-0.05, 0) is 25.1 Å². The van der Waals surface area contributed by atoms with Crippen LogP contribution in [0.15, 0.2) is 24.3 Å². The van der Waals surface area contributed by atoms with Crippen molar-refractivity contribution in [3.8, 4) is 0 Å². The highest BCUT2D eigenvalue weighted by Crippen LogP contribution is 2.17. The number of para-hydroxylation sites is 1. The smallest absolute Gasteiger partial charge is 0.238 e. The van der Waals surface area contributed by atoms with Gasteiger partial charge in [-0.1, -0.05) is 12.1 Å². The van der Waals surface area contributed by atoms with Crippen LogP contribution in [0.1, 0.15) is 6.42 Å². The van der Waals surface area contributed by atoms with E-state index in [1.807, 2.05) is 4.90 Å². The second kappa shape index (κ2) is 6.47. The Balaban J connectivity index is 1.84. The number of benzene rings is 1. The lowest BCUT2D eigenvalue weighted by Gasteiger charge is -2.15. The Morgan fingerprint density at radius 2 is 2.15 bits per heavy atom. The van der Waals surface area contributed by atoms with Crippen LogP contribution in [0.25, 0.3) is 0 Å². The Labute approximate surface area is 117 Å². The number of halogens is 1. The van der Waals surface area contributed by atoms with Crippen molar-refractivity contribution in [3.05, 3.63) is 30.1 Å². The van der Waals surface area contributed by atoms with Gasteiger partial charge in [-0.15, -0.1) is 0 Å². The molecule has 1 saturated heterocycles. The number of rotatable bonds is 4. The molecule has 0 bridgehead atoms. The molecule has 1 aliphatic rings. The lowest BCUT2D eigenvalue weighted by Crippen LogP contribution is -2.34. The van der Waals surface area contributed by atoms with Crippen LogP contribution >= 0.6 is 0 Å². The van der Waals surface area contributed by atoms with Gasteiger partial charge in [0.05, 0.1) is 18.2 Å². The van der Waals surface area contributed by atoms with Crippen molar-refractivity contribution in [3.63, 3.8) is 0 Å². The largest absolute Gasteiger partial charge is 0.359 e. The number of likely N-dealkylation sites (tertiary alicyclic amines) is 1. The summed E-state index contributed by atoms with van der Waals surface area (Å²) in [6.07, 6.45) is 0.743. The Hall–Kier alpha value is -1.95. The third kappa shape index (κ3) is 3.54. The number of anilines is 1. The van der Waals surface area contributed by atoms with Crippen LogP contribution < -0.4 is 10.6 Å². The molecule has 1 aromatic rings. The van der Waals surface area contributed by atoms with E-state index in [-0.39, 0.29) is 30.0 Å². The molecule has 1 atom stereocenters. The number of nitrogens with one attached hydrogen (secondary N) is 2. The molecule has 1 aliphatic heterocycles. The third-order valence-electron chi connectivity index (χ3n) is 3.40. The SMILES string of the molecule is CNC(=O)C1CCN(CC(=O)Nc2ccccc2F)C1. The summed E-state index contributed by atoms with van der Waals surface area (Å²) in [5.74, 6) is -0.790. The molecule has 0 aliphatic carbocycles. The molecule has 20 heavy (non-hydrogen) atoms. The van der Waals surface area contributed by atoms with E-state index < -0.39 is 5.82 Å². The summed E-state index contributed by atoms with van der Waals surface area (Å²) in [7, 11) is 1.61.